The maximum atomic E-state index is 9.69. The second-order valence-corrected chi connectivity index (χ2v) is 4.21. The van der Waals surface area contributed by atoms with Gasteiger partial charge in [0.15, 0.2) is 0 Å². The van der Waals surface area contributed by atoms with Crippen LogP contribution in [0, 0.1) is 11.8 Å². The molecule has 0 aliphatic carbocycles. The van der Waals surface area contributed by atoms with Crippen LogP contribution in [0.1, 0.15) is 53.4 Å². The molecule has 0 bridgehead atoms. The van der Waals surface area contributed by atoms with Crippen LogP contribution in [0.3, 0.4) is 0 Å². The third kappa shape index (κ3) is 4.76. The van der Waals surface area contributed by atoms with E-state index < -0.39 is 0 Å². The molecule has 1 nitrogen and oxygen atoms in total. The molecule has 74 valence electrons. The van der Waals surface area contributed by atoms with Gasteiger partial charge >= 0.3 is 0 Å². The highest BCUT2D eigenvalue weighted by molar-refractivity contribution is 4.67. The molecule has 0 aromatic carbocycles. The van der Waals surface area contributed by atoms with Gasteiger partial charge in [0, 0.05) is 0 Å². The van der Waals surface area contributed by atoms with Crippen LogP contribution in [-0.2, 0) is 0 Å². The van der Waals surface area contributed by atoms with E-state index in [-0.39, 0.29) is 6.10 Å². The Labute approximate surface area is 77.2 Å². The van der Waals surface area contributed by atoms with Crippen molar-refractivity contribution in [1.82, 2.24) is 0 Å². The van der Waals surface area contributed by atoms with Crippen molar-refractivity contribution < 1.29 is 5.11 Å². The van der Waals surface area contributed by atoms with Crippen LogP contribution in [0.25, 0.3) is 0 Å². The van der Waals surface area contributed by atoms with E-state index in [2.05, 4.69) is 27.7 Å². The summed E-state index contributed by atoms with van der Waals surface area (Å²) in [6.45, 7) is 8.53. The van der Waals surface area contributed by atoms with Crippen molar-refractivity contribution in [2.24, 2.45) is 11.8 Å². The van der Waals surface area contributed by atoms with Crippen molar-refractivity contribution >= 4 is 0 Å². The lowest BCUT2D eigenvalue weighted by Crippen LogP contribution is -2.23. The summed E-state index contributed by atoms with van der Waals surface area (Å²) < 4.78 is 0. The molecule has 0 radical (unpaired) electrons. The van der Waals surface area contributed by atoms with Crippen molar-refractivity contribution in [3.63, 3.8) is 0 Å². The van der Waals surface area contributed by atoms with Crippen molar-refractivity contribution in [1.29, 1.82) is 0 Å². The molecule has 0 rings (SSSR count). The highest BCUT2D eigenvalue weighted by Gasteiger charge is 2.16. The monoisotopic (exact) mass is 172 g/mol. The minimum atomic E-state index is -0.109. The summed E-state index contributed by atoms with van der Waals surface area (Å²) in [5.41, 5.74) is 0. The van der Waals surface area contributed by atoms with Crippen LogP contribution in [0.2, 0.25) is 0 Å². The molecule has 0 aromatic rings. The fraction of sp³-hybridized carbons (Fsp3) is 1.00. The fourth-order valence-electron chi connectivity index (χ4n) is 1.54. The number of hydrogen-bond acceptors (Lipinski definition) is 1. The van der Waals surface area contributed by atoms with Crippen LogP contribution in [0.4, 0.5) is 0 Å². The van der Waals surface area contributed by atoms with Crippen molar-refractivity contribution in [2.45, 2.75) is 59.5 Å². The van der Waals surface area contributed by atoms with Crippen LogP contribution >= 0.6 is 0 Å². The van der Waals surface area contributed by atoms with Gasteiger partial charge in [0.2, 0.25) is 0 Å². The number of aliphatic hydroxyl groups is 1. The Morgan fingerprint density at radius 2 is 1.67 bits per heavy atom. The summed E-state index contributed by atoms with van der Waals surface area (Å²) in [5, 5.41) is 9.69. The predicted octanol–water partition coefficient (Wildman–Crippen LogP) is 3.22. The number of aliphatic hydroxyl groups excluding tert-OH is 1. The van der Waals surface area contributed by atoms with E-state index >= 15 is 0 Å². The SMILES string of the molecule is CCCCCC(C)C(O)C(C)C. The molecule has 1 heteroatoms. The van der Waals surface area contributed by atoms with E-state index in [1.54, 1.807) is 0 Å². The van der Waals surface area contributed by atoms with Crippen LogP contribution < -0.4 is 0 Å². The van der Waals surface area contributed by atoms with Crippen LogP contribution in [0.5, 0.6) is 0 Å². The molecule has 2 unspecified atom stereocenters. The molecule has 0 aromatic heterocycles. The van der Waals surface area contributed by atoms with Gasteiger partial charge in [-0.05, 0) is 18.3 Å². The predicted molar refractivity (Wildman–Crippen MR) is 54.2 cm³/mol. The molecule has 0 aliphatic heterocycles. The maximum Gasteiger partial charge on any atom is 0.0588 e. The Balaban J connectivity index is 3.49. The van der Waals surface area contributed by atoms with Gasteiger partial charge in [-0.15, -0.1) is 0 Å². The summed E-state index contributed by atoms with van der Waals surface area (Å²) in [5.74, 6) is 0.873. The molecule has 0 amide bonds. The van der Waals surface area contributed by atoms with Gasteiger partial charge in [-0.3, -0.25) is 0 Å². The first kappa shape index (κ1) is 12.0. The first-order chi connectivity index (χ1) is 5.59. The number of hydrogen-bond donors (Lipinski definition) is 1. The molecule has 1 N–H and O–H groups in total. The second-order valence-electron chi connectivity index (χ2n) is 4.21. The Kier molecular flexibility index (Phi) is 6.45. The normalized spacial score (nSPS) is 16.5. The third-order valence-corrected chi connectivity index (χ3v) is 2.53. The van der Waals surface area contributed by atoms with E-state index in [1.165, 1.54) is 25.7 Å². The zero-order valence-electron chi connectivity index (χ0n) is 9.01. The lowest BCUT2D eigenvalue weighted by atomic mass is 9.90. The lowest BCUT2D eigenvalue weighted by Gasteiger charge is -2.21. The van der Waals surface area contributed by atoms with E-state index in [0.717, 1.165) is 0 Å². The molecule has 12 heavy (non-hydrogen) atoms. The average molecular weight is 172 g/mol. The van der Waals surface area contributed by atoms with Crippen molar-refractivity contribution in [2.75, 3.05) is 0 Å². The Hall–Kier alpha value is -0.0400. The Morgan fingerprint density at radius 3 is 2.08 bits per heavy atom. The first-order valence-corrected chi connectivity index (χ1v) is 5.27. The average Bonchev–Trinajstić information content (AvgIpc) is 2.03. The molecule has 2 atom stereocenters. The zero-order chi connectivity index (χ0) is 9.56. The number of unbranched alkanes of at least 4 members (excludes halogenated alkanes) is 2. The minimum Gasteiger partial charge on any atom is -0.393 e. The van der Waals surface area contributed by atoms with Crippen molar-refractivity contribution in [3.05, 3.63) is 0 Å². The first-order valence-electron chi connectivity index (χ1n) is 5.27. The van der Waals surface area contributed by atoms with E-state index in [0.29, 0.717) is 11.8 Å². The third-order valence-electron chi connectivity index (χ3n) is 2.53. The summed E-state index contributed by atoms with van der Waals surface area (Å²) in [4.78, 5) is 0. The Bertz CT molecular complexity index is 99.2. The summed E-state index contributed by atoms with van der Waals surface area (Å²) in [6, 6.07) is 0. The maximum absolute atomic E-state index is 9.69. The topological polar surface area (TPSA) is 20.2 Å². The lowest BCUT2D eigenvalue weighted by molar-refractivity contribution is 0.0673. The highest BCUT2D eigenvalue weighted by atomic mass is 16.3. The van der Waals surface area contributed by atoms with Crippen molar-refractivity contribution in [3.8, 4) is 0 Å². The van der Waals surface area contributed by atoms with E-state index in [9.17, 15) is 5.11 Å². The zero-order valence-corrected chi connectivity index (χ0v) is 9.01. The molecular formula is C11H24O. The van der Waals surface area contributed by atoms with Gasteiger partial charge in [0.05, 0.1) is 6.10 Å². The van der Waals surface area contributed by atoms with Crippen LogP contribution in [0.15, 0.2) is 0 Å². The summed E-state index contributed by atoms with van der Waals surface area (Å²) in [7, 11) is 0. The number of rotatable bonds is 6. The van der Waals surface area contributed by atoms with E-state index in [1.807, 2.05) is 0 Å². The fourth-order valence-corrected chi connectivity index (χ4v) is 1.54. The summed E-state index contributed by atoms with van der Waals surface area (Å²) in [6.07, 6.45) is 4.90. The highest BCUT2D eigenvalue weighted by Crippen LogP contribution is 2.18. The second kappa shape index (κ2) is 6.47. The molecule has 0 heterocycles. The quantitative estimate of drug-likeness (QED) is 0.610. The van der Waals surface area contributed by atoms with Gasteiger partial charge in [-0.25, -0.2) is 0 Å². The Morgan fingerprint density at radius 1 is 1.08 bits per heavy atom. The largest absolute Gasteiger partial charge is 0.393 e. The van der Waals surface area contributed by atoms with Gasteiger partial charge in [0.1, 0.15) is 0 Å². The van der Waals surface area contributed by atoms with Crippen LogP contribution in [-0.4, -0.2) is 11.2 Å². The minimum absolute atomic E-state index is 0.109. The smallest absolute Gasteiger partial charge is 0.0588 e. The molecule has 0 saturated carbocycles. The molecule has 0 fully saturated rings. The standard InChI is InChI=1S/C11H24O/c1-5-6-7-8-10(4)11(12)9(2)3/h9-12H,5-8H2,1-4H3. The molecule has 0 spiro atoms. The van der Waals surface area contributed by atoms with Gasteiger partial charge in [-0.2, -0.15) is 0 Å². The molecular weight excluding hydrogens is 148 g/mol. The van der Waals surface area contributed by atoms with E-state index in [4.69, 9.17) is 0 Å². The molecule has 0 aliphatic rings. The summed E-state index contributed by atoms with van der Waals surface area (Å²) >= 11 is 0. The van der Waals surface area contributed by atoms with Gasteiger partial charge < -0.3 is 5.11 Å². The molecule has 0 saturated heterocycles. The van der Waals surface area contributed by atoms with Gasteiger partial charge in [-0.1, -0.05) is 47.0 Å². The van der Waals surface area contributed by atoms with Gasteiger partial charge in [0.25, 0.3) is 0 Å².